The van der Waals surface area contributed by atoms with Crippen molar-refractivity contribution in [3.63, 3.8) is 0 Å². The molecule has 0 saturated carbocycles. The Kier molecular flexibility index (Phi) is 4.50. The van der Waals surface area contributed by atoms with Gasteiger partial charge < -0.3 is 5.32 Å². The lowest BCUT2D eigenvalue weighted by molar-refractivity contribution is 0.552. The summed E-state index contributed by atoms with van der Waals surface area (Å²) in [5.74, 6) is -1.53. The molecular formula is C12H8Cl2F2N2S. The van der Waals surface area contributed by atoms with Gasteiger partial charge in [0.05, 0.1) is 5.02 Å². The number of pyridine rings is 1. The van der Waals surface area contributed by atoms with Crippen molar-refractivity contribution in [3.8, 4) is 0 Å². The van der Waals surface area contributed by atoms with Crippen LogP contribution in [0.2, 0.25) is 10.0 Å². The molecule has 2 nitrogen and oxygen atoms in total. The summed E-state index contributed by atoms with van der Waals surface area (Å²) >= 11 is 12.8. The molecule has 0 spiro atoms. The Morgan fingerprint density at radius 2 is 1.89 bits per heavy atom. The van der Waals surface area contributed by atoms with Gasteiger partial charge in [-0.15, -0.1) is 0 Å². The monoisotopic (exact) mass is 320 g/mol. The summed E-state index contributed by atoms with van der Waals surface area (Å²) in [6.45, 7) is 0. The van der Waals surface area contributed by atoms with Crippen LogP contribution in [0.15, 0.2) is 34.2 Å². The van der Waals surface area contributed by atoms with Crippen molar-refractivity contribution in [1.82, 2.24) is 4.98 Å². The van der Waals surface area contributed by atoms with E-state index in [9.17, 15) is 8.78 Å². The van der Waals surface area contributed by atoms with Crippen LogP contribution in [0, 0.1) is 11.6 Å². The van der Waals surface area contributed by atoms with E-state index < -0.39 is 11.6 Å². The van der Waals surface area contributed by atoms with Crippen LogP contribution in [0.4, 0.5) is 14.6 Å². The zero-order valence-electron chi connectivity index (χ0n) is 9.68. The van der Waals surface area contributed by atoms with E-state index in [0.29, 0.717) is 14.9 Å². The minimum Gasteiger partial charge on any atom is -0.371 e. The van der Waals surface area contributed by atoms with Crippen LogP contribution in [0.5, 0.6) is 0 Å². The fourth-order valence-electron chi connectivity index (χ4n) is 1.36. The number of hydrogen-bond acceptors (Lipinski definition) is 3. The molecular weight excluding hydrogens is 313 g/mol. The van der Waals surface area contributed by atoms with E-state index in [-0.39, 0.29) is 10.8 Å². The summed E-state index contributed by atoms with van der Waals surface area (Å²) in [5, 5.41) is 3.47. The maximum atomic E-state index is 13.7. The van der Waals surface area contributed by atoms with Crippen LogP contribution in [0.3, 0.4) is 0 Å². The predicted octanol–water partition coefficient (Wildman–Crippen LogP) is 4.86. The van der Waals surface area contributed by atoms with Gasteiger partial charge in [0.2, 0.25) is 0 Å². The van der Waals surface area contributed by atoms with E-state index in [1.807, 2.05) is 0 Å². The summed E-state index contributed by atoms with van der Waals surface area (Å²) in [7, 11) is 1.50. The van der Waals surface area contributed by atoms with E-state index in [1.165, 1.54) is 7.05 Å². The molecule has 0 atom stereocenters. The van der Waals surface area contributed by atoms with Gasteiger partial charge in [0.15, 0.2) is 17.5 Å². The van der Waals surface area contributed by atoms with Crippen molar-refractivity contribution >= 4 is 40.8 Å². The van der Waals surface area contributed by atoms with Crippen molar-refractivity contribution in [3.05, 3.63) is 45.9 Å². The first-order valence-corrected chi connectivity index (χ1v) is 6.75. The van der Waals surface area contributed by atoms with Crippen LogP contribution in [-0.2, 0) is 0 Å². The van der Waals surface area contributed by atoms with Gasteiger partial charge in [-0.1, -0.05) is 35.0 Å². The molecule has 1 aromatic heterocycles. The molecule has 0 aliphatic rings. The molecule has 0 bridgehead atoms. The molecule has 2 aromatic rings. The first kappa shape index (κ1) is 14.4. The highest BCUT2D eigenvalue weighted by molar-refractivity contribution is 7.99. The second kappa shape index (κ2) is 5.94. The molecule has 1 N–H and O–H groups in total. The lowest BCUT2D eigenvalue weighted by atomic mass is 10.4. The highest BCUT2D eigenvalue weighted by atomic mass is 35.5. The third kappa shape index (κ3) is 3.29. The van der Waals surface area contributed by atoms with Crippen LogP contribution in [-0.4, -0.2) is 12.0 Å². The van der Waals surface area contributed by atoms with Gasteiger partial charge in [0, 0.05) is 23.0 Å². The zero-order chi connectivity index (χ0) is 14.0. The second-order valence-corrected chi connectivity index (χ2v) is 5.41. The fraction of sp³-hybridized carbons (Fsp3) is 0.0833. The van der Waals surface area contributed by atoms with Gasteiger partial charge in [0.1, 0.15) is 5.03 Å². The van der Waals surface area contributed by atoms with Gasteiger partial charge in [0.25, 0.3) is 0 Å². The van der Waals surface area contributed by atoms with Crippen LogP contribution in [0.1, 0.15) is 0 Å². The smallest absolute Gasteiger partial charge is 0.168 e. The average Bonchev–Trinajstić information content (AvgIpc) is 2.37. The molecule has 19 heavy (non-hydrogen) atoms. The molecule has 0 radical (unpaired) electrons. The van der Waals surface area contributed by atoms with E-state index >= 15 is 0 Å². The summed E-state index contributed by atoms with van der Waals surface area (Å²) in [4.78, 5) is 4.41. The Bertz CT molecular complexity index is 623. The van der Waals surface area contributed by atoms with Crippen molar-refractivity contribution in [2.45, 2.75) is 9.92 Å². The van der Waals surface area contributed by atoms with Crippen LogP contribution < -0.4 is 5.32 Å². The summed E-state index contributed by atoms with van der Waals surface area (Å²) in [6.07, 6.45) is 0. The fourth-order valence-corrected chi connectivity index (χ4v) is 2.68. The standard InChI is InChI=1S/C12H8Cl2F2N2S/c1-17-11-8(15)5-9(16)12(18-11)19-10-4-6(13)2-3-7(10)14/h2-5H,1H3,(H,17,18). The van der Waals surface area contributed by atoms with E-state index in [2.05, 4.69) is 10.3 Å². The number of benzene rings is 1. The average molecular weight is 321 g/mol. The number of hydrogen-bond donors (Lipinski definition) is 1. The zero-order valence-corrected chi connectivity index (χ0v) is 12.0. The van der Waals surface area contributed by atoms with Gasteiger partial charge in [-0.2, -0.15) is 0 Å². The van der Waals surface area contributed by atoms with Gasteiger partial charge in [-0.3, -0.25) is 0 Å². The molecule has 0 saturated heterocycles. The number of anilines is 1. The second-order valence-electron chi connectivity index (χ2n) is 3.53. The highest BCUT2D eigenvalue weighted by Gasteiger charge is 2.14. The number of nitrogens with zero attached hydrogens (tertiary/aromatic N) is 1. The van der Waals surface area contributed by atoms with Crippen molar-refractivity contribution in [2.75, 3.05) is 12.4 Å². The van der Waals surface area contributed by atoms with E-state index in [0.717, 1.165) is 17.8 Å². The van der Waals surface area contributed by atoms with Crippen molar-refractivity contribution < 1.29 is 8.78 Å². The normalized spacial score (nSPS) is 10.6. The summed E-state index contributed by atoms with van der Waals surface area (Å²) in [6, 6.07) is 5.60. The molecule has 0 unspecified atom stereocenters. The lowest BCUT2D eigenvalue weighted by Crippen LogP contribution is -1.99. The Morgan fingerprint density at radius 1 is 1.16 bits per heavy atom. The summed E-state index contributed by atoms with van der Waals surface area (Å²) < 4.78 is 26.9. The summed E-state index contributed by atoms with van der Waals surface area (Å²) in [5.41, 5.74) is 0. The SMILES string of the molecule is CNc1nc(Sc2cc(Cl)ccc2Cl)c(F)cc1F. The Balaban J connectivity index is 2.40. The maximum absolute atomic E-state index is 13.7. The Hall–Kier alpha value is -1.04. The highest BCUT2D eigenvalue weighted by Crippen LogP contribution is 2.36. The van der Waals surface area contributed by atoms with E-state index in [1.54, 1.807) is 18.2 Å². The molecule has 0 aliphatic heterocycles. The number of halogens is 4. The van der Waals surface area contributed by atoms with Crippen LogP contribution in [0.25, 0.3) is 0 Å². The molecule has 2 rings (SSSR count). The predicted molar refractivity (Wildman–Crippen MR) is 74.3 cm³/mol. The van der Waals surface area contributed by atoms with Crippen molar-refractivity contribution in [1.29, 1.82) is 0 Å². The topological polar surface area (TPSA) is 24.9 Å². The number of rotatable bonds is 3. The largest absolute Gasteiger partial charge is 0.371 e. The first-order valence-electron chi connectivity index (χ1n) is 5.18. The van der Waals surface area contributed by atoms with Gasteiger partial charge in [-0.05, 0) is 18.2 Å². The Labute approximate surface area is 123 Å². The van der Waals surface area contributed by atoms with E-state index in [4.69, 9.17) is 23.2 Å². The first-order chi connectivity index (χ1) is 9.01. The molecule has 7 heteroatoms. The Morgan fingerprint density at radius 3 is 2.58 bits per heavy atom. The minimum absolute atomic E-state index is 0.0231. The molecule has 0 amide bonds. The van der Waals surface area contributed by atoms with Gasteiger partial charge in [-0.25, -0.2) is 13.8 Å². The quantitative estimate of drug-likeness (QED) is 0.874. The number of aromatic nitrogens is 1. The van der Waals surface area contributed by atoms with Gasteiger partial charge >= 0.3 is 0 Å². The molecule has 0 aliphatic carbocycles. The lowest BCUT2D eigenvalue weighted by Gasteiger charge is -2.08. The molecule has 100 valence electrons. The molecule has 1 heterocycles. The minimum atomic E-state index is -0.752. The number of nitrogens with one attached hydrogen (secondary N) is 1. The van der Waals surface area contributed by atoms with Crippen molar-refractivity contribution in [2.24, 2.45) is 0 Å². The molecule has 1 aromatic carbocycles. The van der Waals surface area contributed by atoms with Crippen LogP contribution >= 0.6 is 35.0 Å². The third-order valence-electron chi connectivity index (χ3n) is 2.23. The third-order valence-corrected chi connectivity index (χ3v) is 3.95. The maximum Gasteiger partial charge on any atom is 0.168 e. The molecule has 0 fully saturated rings.